The van der Waals surface area contributed by atoms with Crippen LogP contribution in [0, 0.1) is 0 Å². The predicted molar refractivity (Wildman–Crippen MR) is 78.0 cm³/mol. The van der Waals surface area contributed by atoms with E-state index in [2.05, 4.69) is 42.9 Å². The fourth-order valence-electron chi connectivity index (χ4n) is 3.68. The van der Waals surface area contributed by atoms with Crippen molar-refractivity contribution < 1.29 is 0 Å². The Morgan fingerprint density at radius 2 is 1.56 bits per heavy atom. The molecule has 2 atom stereocenters. The highest BCUT2D eigenvalue weighted by Crippen LogP contribution is 2.26. The van der Waals surface area contributed by atoms with Crippen molar-refractivity contribution in [3.8, 4) is 0 Å². The van der Waals surface area contributed by atoms with Gasteiger partial charge in [-0.05, 0) is 53.1 Å². The molecule has 0 spiro atoms. The van der Waals surface area contributed by atoms with Gasteiger partial charge in [-0.25, -0.2) is 0 Å². The van der Waals surface area contributed by atoms with Crippen LogP contribution >= 0.6 is 0 Å². The molecule has 1 aliphatic heterocycles. The van der Waals surface area contributed by atoms with E-state index in [0.29, 0.717) is 12.1 Å². The van der Waals surface area contributed by atoms with Crippen molar-refractivity contribution in [2.24, 2.45) is 0 Å². The highest BCUT2D eigenvalue weighted by Gasteiger charge is 2.32. The number of rotatable bonds is 3. The Morgan fingerprint density at radius 1 is 1.00 bits per heavy atom. The first-order chi connectivity index (χ1) is 8.61. The van der Waals surface area contributed by atoms with Crippen molar-refractivity contribution >= 4 is 0 Å². The summed E-state index contributed by atoms with van der Waals surface area (Å²) in [6.07, 6.45) is 5.52. The first-order valence-electron chi connectivity index (χ1n) is 7.81. The van der Waals surface area contributed by atoms with E-state index in [4.69, 9.17) is 0 Å². The third-order valence-electron chi connectivity index (χ3n) is 5.09. The summed E-state index contributed by atoms with van der Waals surface area (Å²) in [4.78, 5) is 5.29. The molecule has 0 aromatic rings. The molecule has 2 fully saturated rings. The number of nitrogens with one attached hydrogen (secondary N) is 1. The molecule has 0 amide bonds. The second-order valence-electron chi connectivity index (χ2n) is 6.38. The van der Waals surface area contributed by atoms with Crippen LogP contribution in [0.3, 0.4) is 0 Å². The molecule has 0 bridgehead atoms. The fraction of sp³-hybridized carbons (Fsp3) is 1.00. The minimum absolute atomic E-state index is 0.709. The van der Waals surface area contributed by atoms with Crippen molar-refractivity contribution in [3.63, 3.8) is 0 Å². The van der Waals surface area contributed by atoms with Crippen LogP contribution in [-0.4, -0.2) is 60.6 Å². The van der Waals surface area contributed by atoms with E-state index in [9.17, 15) is 0 Å². The zero-order chi connectivity index (χ0) is 13.1. The normalized spacial score (nSPS) is 40.0. The van der Waals surface area contributed by atoms with Crippen LogP contribution < -0.4 is 5.32 Å². The van der Waals surface area contributed by atoms with Gasteiger partial charge in [0, 0.05) is 37.3 Å². The van der Waals surface area contributed by atoms with E-state index in [1.165, 1.54) is 38.8 Å². The molecule has 1 heterocycles. The molecule has 0 aromatic carbocycles. The minimum Gasteiger partial charge on any atom is -0.314 e. The zero-order valence-corrected chi connectivity index (χ0v) is 12.7. The highest BCUT2D eigenvalue weighted by molar-refractivity contribution is 4.89. The summed E-state index contributed by atoms with van der Waals surface area (Å²) < 4.78 is 0. The summed E-state index contributed by atoms with van der Waals surface area (Å²) in [5, 5.41) is 3.61. The maximum absolute atomic E-state index is 3.61. The van der Waals surface area contributed by atoms with E-state index < -0.39 is 0 Å². The van der Waals surface area contributed by atoms with Gasteiger partial charge >= 0.3 is 0 Å². The molecule has 18 heavy (non-hydrogen) atoms. The lowest BCUT2D eigenvalue weighted by Gasteiger charge is -2.47. The summed E-state index contributed by atoms with van der Waals surface area (Å²) in [6.45, 7) is 10.6. The van der Waals surface area contributed by atoms with Gasteiger partial charge in [-0.2, -0.15) is 0 Å². The Balaban J connectivity index is 1.82. The zero-order valence-electron chi connectivity index (χ0n) is 12.7. The number of piperazine rings is 1. The lowest BCUT2D eigenvalue weighted by Crippen LogP contribution is -2.58. The molecule has 1 N–H and O–H groups in total. The van der Waals surface area contributed by atoms with Crippen LogP contribution in [0.4, 0.5) is 0 Å². The van der Waals surface area contributed by atoms with Gasteiger partial charge in [0.05, 0.1) is 0 Å². The van der Waals surface area contributed by atoms with Gasteiger partial charge < -0.3 is 5.32 Å². The summed E-state index contributed by atoms with van der Waals surface area (Å²) >= 11 is 0. The third-order valence-corrected chi connectivity index (χ3v) is 5.09. The van der Waals surface area contributed by atoms with E-state index in [1.54, 1.807) is 0 Å². The molecule has 3 heteroatoms. The molecule has 2 aliphatic rings. The molecule has 2 unspecified atom stereocenters. The number of nitrogens with zero attached hydrogens (tertiary/aromatic N) is 2. The smallest absolute Gasteiger partial charge is 0.0195 e. The van der Waals surface area contributed by atoms with Crippen LogP contribution in [0.2, 0.25) is 0 Å². The second-order valence-corrected chi connectivity index (χ2v) is 6.38. The third kappa shape index (κ3) is 3.25. The van der Waals surface area contributed by atoms with Crippen LogP contribution in [0.15, 0.2) is 0 Å². The second kappa shape index (κ2) is 6.36. The summed E-state index contributed by atoms with van der Waals surface area (Å²) in [5.74, 6) is 0. The lowest BCUT2D eigenvalue weighted by molar-refractivity contribution is 0.0207. The summed E-state index contributed by atoms with van der Waals surface area (Å²) in [5.41, 5.74) is 0. The molecule has 106 valence electrons. The lowest BCUT2D eigenvalue weighted by atomic mass is 9.89. The maximum atomic E-state index is 3.61. The fourth-order valence-corrected chi connectivity index (χ4v) is 3.68. The van der Waals surface area contributed by atoms with Crippen molar-refractivity contribution in [1.82, 2.24) is 15.1 Å². The first kappa shape index (κ1) is 14.3. The molecule has 2 rings (SSSR count). The molecule has 3 nitrogen and oxygen atoms in total. The predicted octanol–water partition coefficient (Wildman–Crippen LogP) is 1.93. The molecule has 1 saturated heterocycles. The Morgan fingerprint density at radius 3 is 2.06 bits per heavy atom. The quantitative estimate of drug-likeness (QED) is 0.829. The van der Waals surface area contributed by atoms with Crippen LogP contribution in [-0.2, 0) is 0 Å². The summed E-state index contributed by atoms with van der Waals surface area (Å²) in [7, 11) is 2.27. The van der Waals surface area contributed by atoms with Crippen molar-refractivity contribution in [1.29, 1.82) is 0 Å². The molecule has 1 saturated carbocycles. The largest absolute Gasteiger partial charge is 0.314 e. The van der Waals surface area contributed by atoms with Gasteiger partial charge in [-0.1, -0.05) is 6.92 Å². The van der Waals surface area contributed by atoms with Crippen LogP contribution in [0.5, 0.6) is 0 Å². The summed E-state index contributed by atoms with van der Waals surface area (Å²) in [6, 6.07) is 3.05. The molecular weight excluding hydrogens is 222 g/mol. The van der Waals surface area contributed by atoms with Gasteiger partial charge in [0.15, 0.2) is 0 Å². The number of likely N-dealkylation sites (N-methyl/N-ethyl adjacent to an activating group) is 1. The van der Waals surface area contributed by atoms with Crippen molar-refractivity contribution in [2.75, 3.05) is 26.7 Å². The van der Waals surface area contributed by atoms with Gasteiger partial charge in [0.25, 0.3) is 0 Å². The standard InChI is InChI=1S/C15H31N3/c1-5-16-14-6-8-15(9-7-14)18-10-12(2)17(4)13(3)11-18/h12-16H,5-11H2,1-4H3. The highest BCUT2D eigenvalue weighted by atomic mass is 15.3. The van der Waals surface area contributed by atoms with E-state index in [-0.39, 0.29) is 0 Å². The Kier molecular flexibility index (Phi) is 5.05. The molecule has 1 aliphatic carbocycles. The van der Waals surface area contributed by atoms with Gasteiger partial charge in [0.1, 0.15) is 0 Å². The van der Waals surface area contributed by atoms with Gasteiger partial charge in [-0.3, -0.25) is 9.80 Å². The molecule has 0 aromatic heterocycles. The number of hydrogen-bond donors (Lipinski definition) is 1. The monoisotopic (exact) mass is 253 g/mol. The Labute approximate surface area is 113 Å². The topological polar surface area (TPSA) is 18.5 Å². The SMILES string of the molecule is CCNC1CCC(N2CC(C)N(C)C(C)C2)CC1. The molecule has 0 radical (unpaired) electrons. The van der Waals surface area contributed by atoms with Crippen LogP contribution in [0.1, 0.15) is 46.5 Å². The minimum atomic E-state index is 0.709. The van der Waals surface area contributed by atoms with Crippen molar-refractivity contribution in [3.05, 3.63) is 0 Å². The number of hydrogen-bond acceptors (Lipinski definition) is 3. The van der Waals surface area contributed by atoms with Crippen molar-refractivity contribution in [2.45, 2.75) is 70.6 Å². The van der Waals surface area contributed by atoms with E-state index in [1.807, 2.05) is 0 Å². The first-order valence-corrected chi connectivity index (χ1v) is 7.81. The average Bonchev–Trinajstić information content (AvgIpc) is 2.37. The Bertz CT molecular complexity index is 236. The Hall–Kier alpha value is -0.120. The maximum Gasteiger partial charge on any atom is 0.0195 e. The van der Waals surface area contributed by atoms with Gasteiger partial charge in [-0.15, -0.1) is 0 Å². The van der Waals surface area contributed by atoms with Crippen LogP contribution in [0.25, 0.3) is 0 Å². The average molecular weight is 253 g/mol. The van der Waals surface area contributed by atoms with E-state index in [0.717, 1.165) is 18.6 Å². The van der Waals surface area contributed by atoms with E-state index >= 15 is 0 Å². The van der Waals surface area contributed by atoms with Gasteiger partial charge in [0.2, 0.25) is 0 Å². The molecular formula is C15H31N3.